The van der Waals surface area contributed by atoms with Crippen molar-refractivity contribution < 1.29 is 4.79 Å². The molecule has 3 rings (SSSR count). The van der Waals surface area contributed by atoms with Crippen LogP contribution in [0, 0.1) is 12.8 Å². The van der Waals surface area contributed by atoms with E-state index in [0.717, 1.165) is 56.6 Å². The Balaban J connectivity index is 1.72. The topological polar surface area (TPSA) is 52.2 Å². The number of aryl methyl sites for hydroxylation is 1. The summed E-state index contributed by atoms with van der Waals surface area (Å²) >= 11 is 0. The molecule has 1 aromatic heterocycles. The number of aromatic amines is 1. The van der Waals surface area contributed by atoms with Crippen molar-refractivity contribution in [1.29, 1.82) is 0 Å². The van der Waals surface area contributed by atoms with Crippen LogP contribution in [-0.2, 0) is 4.79 Å². The zero-order chi connectivity index (χ0) is 14.1. The molecule has 0 saturated carbocycles. The van der Waals surface area contributed by atoms with E-state index in [4.69, 9.17) is 0 Å². The Kier molecular flexibility index (Phi) is 3.78. The van der Waals surface area contributed by atoms with E-state index in [-0.39, 0.29) is 12.0 Å². The van der Waals surface area contributed by atoms with Crippen molar-refractivity contribution >= 4 is 5.91 Å². The highest BCUT2D eigenvalue weighted by Crippen LogP contribution is 2.34. The van der Waals surface area contributed by atoms with Gasteiger partial charge in [0.05, 0.1) is 17.9 Å². The van der Waals surface area contributed by atoms with Gasteiger partial charge in [-0.15, -0.1) is 0 Å². The standard InChI is InChI=1S/C15H24N4O/c1-11-10-16-17-14(11)13-4-3-7-19(13)15(20)12-5-8-18(2)9-6-12/h10,12-13H,3-9H2,1-2H3,(H,16,17). The van der Waals surface area contributed by atoms with Crippen molar-refractivity contribution in [3.05, 3.63) is 17.5 Å². The van der Waals surface area contributed by atoms with Gasteiger partial charge < -0.3 is 9.80 Å². The van der Waals surface area contributed by atoms with E-state index >= 15 is 0 Å². The third kappa shape index (κ3) is 2.46. The molecule has 1 atom stereocenters. The fourth-order valence-electron chi connectivity index (χ4n) is 3.51. The largest absolute Gasteiger partial charge is 0.334 e. The molecule has 0 aromatic carbocycles. The van der Waals surface area contributed by atoms with E-state index in [0.29, 0.717) is 5.91 Å². The fourth-order valence-corrected chi connectivity index (χ4v) is 3.51. The Labute approximate surface area is 120 Å². The Bertz CT molecular complexity index is 476. The van der Waals surface area contributed by atoms with Crippen LogP contribution in [0.3, 0.4) is 0 Å². The van der Waals surface area contributed by atoms with Gasteiger partial charge in [-0.05, 0) is 58.3 Å². The van der Waals surface area contributed by atoms with E-state index in [1.165, 1.54) is 0 Å². The Morgan fingerprint density at radius 3 is 2.70 bits per heavy atom. The van der Waals surface area contributed by atoms with Crippen molar-refractivity contribution in [1.82, 2.24) is 20.0 Å². The van der Waals surface area contributed by atoms with Gasteiger partial charge in [-0.3, -0.25) is 9.89 Å². The van der Waals surface area contributed by atoms with Crippen LogP contribution in [-0.4, -0.2) is 52.6 Å². The molecule has 0 spiro atoms. The zero-order valence-corrected chi connectivity index (χ0v) is 12.4. The van der Waals surface area contributed by atoms with Crippen LogP contribution in [0.5, 0.6) is 0 Å². The quantitative estimate of drug-likeness (QED) is 0.895. The van der Waals surface area contributed by atoms with Crippen molar-refractivity contribution in [2.45, 2.75) is 38.6 Å². The molecule has 1 aromatic rings. The molecule has 2 saturated heterocycles. The van der Waals surface area contributed by atoms with Gasteiger partial charge in [0.1, 0.15) is 0 Å². The zero-order valence-electron chi connectivity index (χ0n) is 12.4. The smallest absolute Gasteiger partial charge is 0.226 e. The molecule has 1 amide bonds. The summed E-state index contributed by atoms with van der Waals surface area (Å²) < 4.78 is 0. The summed E-state index contributed by atoms with van der Waals surface area (Å²) in [6.07, 6.45) is 6.01. The maximum absolute atomic E-state index is 12.8. The first kappa shape index (κ1) is 13.6. The van der Waals surface area contributed by atoms with Gasteiger partial charge in [-0.2, -0.15) is 5.10 Å². The number of carbonyl (C=O) groups excluding carboxylic acids is 1. The lowest BCUT2D eigenvalue weighted by atomic mass is 9.95. The van der Waals surface area contributed by atoms with Crippen LogP contribution in [0.4, 0.5) is 0 Å². The maximum Gasteiger partial charge on any atom is 0.226 e. The first-order chi connectivity index (χ1) is 9.66. The molecule has 0 aliphatic carbocycles. The number of piperidine rings is 1. The number of nitrogens with one attached hydrogen (secondary N) is 1. The molecule has 5 nitrogen and oxygen atoms in total. The minimum Gasteiger partial charge on any atom is -0.334 e. The number of hydrogen-bond donors (Lipinski definition) is 1. The van der Waals surface area contributed by atoms with Crippen molar-refractivity contribution in [3.8, 4) is 0 Å². The van der Waals surface area contributed by atoms with Crippen molar-refractivity contribution in [2.24, 2.45) is 5.92 Å². The fraction of sp³-hybridized carbons (Fsp3) is 0.733. The van der Waals surface area contributed by atoms with E-state index in [1.54, 1.807) is 0 Å². The molecule has 0 bridgehead atoms. The van der Waals surface area contributed by atoms with E-state index < -0.39 is 0 Å². The van der Waals surface area contributed by atoms with Gasteiger partial charge in [0.2, 0.25) is 5.91 Å². The first-order valence-electron chi connectivity index (χ1n) is 7.65. The number of likely N-dealkylation sites (tertiary alicyclic amines) is 2. The average Bonchev–Trinajstić information content (AvgIpc) is 3.07. The lowest BCUT2D eigenvalue weighted by Gasteiger charge is -2.33. The Morgan fingerprint density at radius 1 is 1.30 bits per heavy atom. The normalized spacial score (nSPS) is 25.3. The minimum atomic E-state index is 0.213. The number of amides is 1. The second kappa shape index (κ2) is 5.56. The van der Waals surface area contributed by atoms with E-state index in [2.05, 4.69) is 34.0 Å². The van der Waals surface area contributed by atoms with Gasteiger partial charge in [0.25, 0.3) is 0 Å². The molecule has 5 heteroatoms. The molecule has 2 fully saturated rings. The third-order valence-corrected chi connectivity index (χ3v) is 4.80. The molecule has 2 aliphatic heterocycles. The molecule has 2 aliphatic rings. The van der Waals surface area contributed by atoms with Crippen LogP contribution in [0.2, 0.25) is 0 Å². The molecule has 110 valence electrons. The molecule has 3 heterocycles. The van der Waals surface area contributed by atoms with Gasteiger partial charge in [-0.25, -0.2) is 0 Å². The third-order valence-electron chi connectivity index (χ3n) is 4.80. The summed E-state index contributed by atoms with van der Waals surface area (Å²) in [7, 11) is 2.13. The van der Waals surface area contributed by atoms with Gasteiger partial charge in [0.15, 0.2) is 0 Å². The number of nitrogens with zero attached hydrogens (tertiary/aromatic N) is 3. The monoisotopic (exact) mass is 276 g/mol. The van der Waals surface area contributed by atoms with E-state index in [1.807, 2.05) is 6.20 Å². The van der Waals surface area contributed by atoms with Crippen LogP contribution in [0.1, 0.15) is 43.0 Å². The van der Waals surface area contributed by atoms with Crippen LogP contribution >= 0.6 is 0 Å². The predicted octanol–water partition coefficient (Wildman–Crippen LogP) is 1.72. The summed E-state index contributed by atoms with van der Waals surface area (Å²) in [5, 5.41) is 7.20. The highest BCUT2D eigenvalue weighted by atomic mass is 16.2. The van der Waals surface area contributed by atoms with Gasteiger partial charge >= 0.3 is 0 Å². The summed E-state index contributed by atoms with van der Waals surface area (Å²) in [6.45, 7) is 5.04. The lowest BCUT2D eigenvalue weighted by Crippen LogP contribution is -2.41. The molecule has 1 unspecified atom stereocenters. The number of rotatable bonds is 2. The molecular formula is C15H24N4O. The highest BCUT2D eigenvalue weighted by molar-refractivity contribution is 5.79. The van der Waals surface area contributed by atoms with E-state index in [9.17, 15) is 4.79 Å². The van der Waals surface area contributed by atoms with Crippen LogP contribution in [0.15, 0.2) is 6.20 Å². The second-order valence-corrected chi connectivity index (χ2v) is 6.23. The van der Waals surface area contributed by atoms with Gasteiger partial charge in [-0.1, -0.05) is 0 Å². The second-order valence-electron chi connectivity index (χ2n) is 6.23. The summed E-state index contributed by atoms with van der Waals surface area (Å²) in [5.74, 6) is 0.574. The molecule has 0 radical (unpaired) electrons. The van der Waals surface area contributed by atoms with Crippen LogP contribution < -0.4 is 0 Å². The van der Waals surface area contributed by atoms with Crippen molar-refractivity contribution in [3.63, 3.8) is 0 Å². The predicted molar refractivity (Wildman–Crippen MR) is 77.2 cm³/mol. The Hall–Kier alpha value is -1.36. The highest BCUT2D eigenvalue weighted by Gasteiger charge is 2.36. The SMILES string of the molecule is Cc1cn[nH]c1C1CCCN1C(=O)C1CCN(C)CC1. The summed E-state index contributed by atoms with van der Waals surface area (Å²) in [4.78, 5) is 17.2. The maximum atomic E-state index is 12.8. The van der Waals surface area contributed by atoms with Crippen LogP contribution in [0.25, 0.3) is 0 Å². The summed E-state index contributed by atoms with van der Waals surface area (Å²) in [6, 6.07) is 0.213. The van der Waals surface area contributed by atoms with Crippen molar-refractivity contribution in [2.75, 3.05) is 26.7 Å². The minimum absolute atomic E-state index is 0.213. The molecule has 1 N–H and O–H groups in total. The number of carbonyl (C=O) groups is 1. The number of aromatic nitrogens is 2. The van der Waals surface area contributed by atoms with Gasteiger partial charge in [0, 0.05) is 12.5 Å². The summed E-state index contributed by atoms with van der Waals surface area (Å²) in [5.41, 5.74) is 2.29. The average molecular weight is 276 g/mol. The molecule has 20 heavy (non-hydrogen) atoms. The lowest BCUT2D eigenvalue weighted by molar-refractivity contribution is -0.138. The number of H-pyrrole nitrogens is 1. The molecular weight excluding hydrogens is 252 g/mol. The number of hydrogen-bond acceptors (Lipinski definition) is 3. The Morgan fingerprint density at radius 2 is 2.05 bits per heavy atom. The first-order valence-corrected chi connectivity index (χ1v) is 7.65.